The number of fused-ring (bicyclic) bond motifs is 1. The SMILES string of the molecule is O=[N+]([O-])c1c(NCCc2ccco2)ccc2ncccc12. The van der Waals surface area contributed by atoms with E-state index in [4.69, 9.17) is 4.42 Å². The number of nitrogens with zero attached hydrogens (tertiary/aromatic N) is 2. The highest BCUT2D eigenvalue weighted by Crippen LogP contribution is 2.32. The van der Waals surface area contributed by atoms with Gasteiger partial charge in [0.1, 0.15) is 11.4 Å². The minimum absolute atomic E-state index is 0.0556. The van der Waals surface area contributed by atoms with E-state index in [1.54, 1.807) is 36.7 Å². The smallest absolute Gasteiger partial charge is 0.301 e. The molecule has 0 aliphatic rings. The standard InChI is InChI=1S/C15H13N3O3/c19-18(20)15-12-4-1-8-16-13(12)5-6-14(15)17-9-7-11-3-2-10-21-11/h1-6,8,10,17H,7,9H2. The summed E-state index contributed by atoms with van der Waals surface area (Å²) in [4.78, 5) is 15.1. The number of nitro benzene ring substituents is 1. The third-order valence-electron chi connectivity index (χ3n) is 3.21. The maximum absolute atomic E-state index is 11.3. The van der Waals surface area contributed by atoms with E-state index >= 15 is 0 Å². The van der Waals surface area contributed by atoms with Crippen molar-refractivity contribution in [3.63, 3.8) is 0 Å². The predicted molar refractivity (Wildman–Crippen MR) is 79.3 cm³/mol. The van der Waals surface area contributed by atoms with Gasteiger partial charge in [-0.15, -0.1) is 0 Å². The highest BCUT2D eigenvalue weighted by Gasteiger charge is 2.18. The molecule has 0 atom stereocenters. The summed E-state index contributed by atoms with van der Waals surface area (Å²) in [5.74, 6) is 0.840. The number of anilines is 1. The topological polar surface area (TPSA) is 81.2 Å². The molecule has 3 aromatic rings. The second-order valence-electron chi connectivity index (χ2n) is 4.55. The summed E-state index contributed by atoms with van der Waals surface area (Å²) in [6.07, 6.45) is 3.89. The molecule has 0 radical (unpaired) electrons. The second-order valence-corrected chi connectivity index (χ2v) is 4.55. The first-order valence-corrected chi connectivity index (χ1v) is 6.54. The van der Waals surface area contributed by atoms with E-state index in [0.29, 0.717) is 29.6 Å². The first-order valence-electron chi connectivity index (χ1n) is 6.54. The molecule has 0 fully saturated rings. The Labute approximate surface area is 120 Å². The molecule has 0 bridgehead atoms. The van der Waals surface area contributed by atoms with Gasteiger partial charge in [0.2, 0.25) is 0 Å². The fourth-order valence-electron chi connectivity index (χ4n) is 2.25. The largest absolute Gasteiger partial charge is 0.469 e. The van der Waals surface area contributed by atoms with Gasteiger partial charge in [-0.1, -0.05) is 0 Å². The average Bonchev–Trinajstić information content (AvgIpc) is 3.00. The molecule has 0 aliphatic heterocycles. The summed E-state index contributed by atoms with van der Waals surface area (Å²) in [6.45, 7) is 0.556. The highest BCUT2D eigenvalue weighted by molar-refractivity contribution is 5.94. The summed E-state index contributed by atoms with van der Waals surface area (Å²) in [7, 11) is 0. The fraction of sp³-hybridized carbons (Fsp3) is 0.133. The number of aromatic nitrogens is 1. The molecule has 0 spiro atoms. The van der Waals surface area contributed by atoms with Crippen LogP contribution in [0.3, 0.4) is 0 Å². The first-order chi connectivity index (χ1) is 10.3. The van der Waals surface area contributed by atoms with Crippen molar-refractivity contribution in [3.8, 4) is 0 Å². The quantitative estimate of drug-likeness (QED) is 0.573. The van der Waals surface area contributed by atoms with E-state index < -0.39 is 0 Å². The zero-order valence-corrected chi connectivity index (χ0v) is 11.2. The Hall–Kier alpha value is -2.89. The predicted octanol–water partition coefficient (Wildman–Crippen LogP) is 3.39. The number of hydrogen-bond donors (Lipinski definition) is 1. The van der Waals surface area contributed by atoms with Gasteiger partial charge in [-0.2, -0.15) is 0 Å². The fourth-order valence-corrected chi connectivity index (χ4v) is 2.25. The molecule has 1 N–H and O–H groups in total. The van der Waals surface area contributed by atoms with Crippen LogP contribution >= 0.6 is 0 Å². The molecule has 6 heteroatoms. The highest BCUT2D eigenvalue weighted by atomic mass is 16.6. The number of benzene rings is 1. The number of rotatable bonds is 5. The normalized spacial score (nSPS) is 10.7. The molecular weight excluding hydrogens is 270 g/mol. The Balaban J connectivity index is 1.87. The van der Waals surface area contributed by atoms with Crippen molar-refractivity contribution >= 4 is 22.3 Å². The van der Waals surface area contributed by atoms with Gasteiger partial charge in [0.25, 0.3) is 0 Å². The van der Waals surface area contributed by atoms with Crippen LogP contribution in [0.5, 0.6) is 0 Å². The summed E-state index contributed by atoms with van der Waals surface area (Å²) in [5.41, 5.74) is 1.16. The Bertz CT molecular complexity index is 769. The van der Waals surface area contributed by atoms with Crippen LogP contribution in [-0.4, -0.2) is 16.5 Å². The number of hydrogen-bond acceptors (Lipinski definition) is 5. The summed E-state index contributed by atoms with van der Waals surface area (Å²) in [6, 6.07) is 10.6. The molecule has 0 saturated carbocycles. The molecule has 1 aromatic carbocycles. The average molecular weight is 283 g/mol. The monoisotopic (exact) mass is 283 g/mol. The number of nitrogens with one attached hydrogen (secondary N) is 1. The van der Waals surface area contributed by atoms with E-state index in [2.05, 4.69) is 10.3 Å². The van der Waals surface area contributed by atoms with Gasteiger partial charge in [-0.3, -0.25) is 15.1 Å². The zero-order chi connectivity index (χ0) is 14.7. The van der Waals surface area contributed by atoms with Gasteiger partial charge in [-0.25, -0.2) is 0 Å². The van der Waals surface area contributed by atoms with Gasteiger partial charge in [0.05, 0.1) is 22.1 Å². The molecule has 21 heavy (non-hydrogen) atoms. The lowest BCUT2D eigenvalue weighted by Crippen LogP contribution is -2.07. The lowest BCUT2D eigenvalue weighted by molar-refractivity contribution is -0.382. The summed E-state index contributed by atoms with van der Waals surface area (Å²) < 4.78 is 5.24. The maximum Gasteiger partial charge on any atom is 0.301 e. The van der Waals surface area contributed by atoms with E-state index in [1.807, 2.05) is 12.1 Å². The molecule has 2 heterocycles. The molecule has 6 nitrogen and oxygen atoms in total. The van der Waals surface area contributed by atoms with Crippen LogP contribution in [0.4, 0.5) is 11.4 Å². The molecule has 106 valence electrons. The van der Waals surface area contributed by atoms with E-state index in [1.165, 1.54) is 0 Å². The van der Waals surface area contributed by atoms with Crippen LogP contribution in [0.1, 0.15) is 5.76 Å². The third-order valence-corrected chi connectivity index (χ3v) is 3.21. The summed E-state index contributed by atoms with van der Waals surface area (Å²) in [5, 5.41) is 15.0. The Morgan fingerprint density at radius 3 is 2.90 bits per heavy atom. The van der Waals surface area contributed by atoms with E-state index in [0.717, 1.165) is 5.76 Å². The van der Waals surface area contributed by atoms with Gasteiger partial charge < -0.3 is 9.73 Å². The van der Waals surface area contributed by atoms with Crippen molar-refractivity contribution < 1.29 is 9.34 Å². The van der Waals surface area contributed by atoms with Gasteiger partial charge in [-0.05, 0) is 36.4 Å². The van der Waals surface area contributed by atoms with Gasteiger partial charge in [0, 0.05) is 19.2 Å². The van der Waals surface area contributed by atoms with Crippen LogP contribution < -0.4 is 5.32 Å². The number of nitro groups is 1. The minimum Gasteiger partial charge on any atom is -0.469 e. The Kier molecular flexibility index (Phi) is 3.51. The van der Waals surface area contributed by atoms with Crippen molar-refractivity contribution in [2.24, 2.45) is 0 Å². The van der Waals surface area contributed by atoms with Gasteiger partial charge >= 0.3 is 5.69 Å². The molecule has 0 saturated heterocycles. The molecule has 0 amide bonds. The van der Waals surface area contributed by atoms with Crippen molar-refractivity contribution in [1.29, 1.82) is 0 Å². The van der Waals surface area contributed by atoms with Gasteiger partial charge in [0.15, 0.2) is 0 Å². The zero-order valence-electron chi connectivity index (χ0n) is 11.2. The van der Waals surface area contributed by atoms with Crippen molar-refractivity contribution in [3.05, 3.63) is 64.7 Å². The molecule has 2 aromatic heterocycles. The second kappa shape index (κ2) is 5.62. The van der Waals surface area contributed by atoms with E-state index in [9.17, 15) is 10.1 Å². The first kappa shape index (κ1) is 13.1. The Morgan fingerprint density at radius 1 is 1.24 bits per heavy atom. The van der Waals surface area contributed by atoms with Crippen molar-refractivity contribution in [2.45, 2.75) is 6.42 Å². The molecular formula is C15H13N3O3. The lowest BCUT2D eigenvalue weighted by atomic mass is 10.1. The maximum atomic E-state index is 11.3. The van der Waals surface area contributed by atoms with Crippen LogP contribution in [0.2, 0.25) is 0 Å². The summed E-state index contributed by atoms with van der Waals surface area (Å²) >= 11 is 0. The van der Waals surface area contributed by atoms with Crippen LogP contribution in [0.15, 0.2) is 53.3 Å². The number of pyridine rings is 1. The van der Waals surface area contributed by atoms with Crippen LogP contribution in [0.25, 0.3) is 10.9 Å². The third kappa shape index (κ3) is 2.69. The lowest BCUT2D eigenvalue weighted by Gasteiger charge is -2.08. The number of furan rings is 1. The van der Waals surface area contributed by atoms with Crippen LogP contribution in [-0.2, 0) is 6.42 Å². The Morgan fingerprint density at radius 2 is 2.14 bits per heavy atom. The van der Waals surface area contributed by atoms with Crippen molar-refractivity contribution in [2.75, 3.05) is 11.9 Å². The molecule has 0 unspecified atom stereocenters. The van der Waals surface area contributed by atoms with E-state index in [-0.39, 0.29) is 10.6 Å². The molecule has 3 rings (SSSR count). The molecule has 0 aliphatic carbocycles. The minimum atomic E-state index is -0.376. The van der Waals surface area contributed by atoms with Crippen molar-refractivity contribution in [1.82, 2.24) is 4.98 Å². The van der Waals surface area contributed by atoms with Crippen LogP contribution in [0, 0.1) is 10.1 Å².